The molecule has 2 aliphatic heterocycles. The van der Waals surface area contributed by atoms with Crippen molar-refractivity contribution in [1.29, 1.82) is 15.8 Å². The molecule has 0 amide bonds. The largest absolute Gasteiger partial charge is 0.356 e. The zero-order valence-corrected chi connectivity index (χ0v) is 14.0. The zero-order valence-electron chi connectivity index (χ0n) is 14.0. The van der Waals surface area contributed by atoms with Gasteiger partial charge in [-0.2, -0.15) is 15.8 Å². The molecule has 3 atom stereocenters. The lowest BCUT2D eigenvalue weighted by Crippen LogP contribution is -2.40. The lowest BCUT2D eigenvalue weighted by Gasteiger charge is -2.30. The van der Waals surface area contributed by atoms with E-state index in [9.17, 15) is 20.6 Å². The third-order valence-corrected chi connectivity index (χ3v) is 5.59. The van der Waals surface area contributed by atoms with Crippen LogP contribution in [0.2, 0.25) is 0 Å². The summed E-state index contributed by atoms with van der Waals surface area (Å²) in [4.78, 5) is 14.9. The molecule has 0 radical (unpaired) electrons. The molecular formula is C21H16N4O. The number of hydrogen-bond donors (Lipinski definition) is 0. The van der Waals surface area contributed by atoms with Crippen LogP contribution in [0.1, 0.15) is 24.3 Å². The third-order valence-electron chi connectivity index (χ3n) is 5.59. The van der Waals surface area contributed by atoms with Crippen molar-refractivity contribution in [2.45, 2.75) is 30.8 Å². The number of benzene rings is 1. The smallest absolute Gasteiger partial charge is 0.176 e. The maximum absolute atomic E-state index is 13.2. The van der Waals surface area contributed by atoms with Gasteiger partial charge in [0.25, 0.3) is 0 Å². The monoisotopic (exact) mass is 340 g/mol. The van der Waals surface area contributed by atoms with Gasteiger partial charge in [-0.15, -0.1) is 0 Å². The van der Waals surface area contributed by atoms with Crippen molar-refractivity contribution in [3.8, 4) is 18.2 Å². The van der Waals surface area contributed by atoms with Crippen molar-refractivity contribution in [3.05, 3.63) is 59.8 Å². The third kappa shape index (κ3) is 2.17. The summed E-state index contributed by atoms with van der Waals surface area (Å²) in [7, 11) is 0. The molecule has 0 N–H and O–H groups in total. The van der Waals surface area contributed by atoms with Gasteiger partial charge >= 0.3 is 0 Å². The van der Waals surface area contributed by atoms with Crippen LogP contribution in [-0.2, 0) is 4.79 Å². The zero-order chi connectivity index (χ0) is 18.3. The Hall–Kier alpha value is -3.36. The molecule has 3 aliphatic rings. The highest BCUT2D eigenvalue weighted by atomic mass is 16.1. The fourth-order valence-corrected chi connectivity index (χ4v) is 4.21. The molecule has 126 valence electrons. The molecule has 1 aromatic rings. The standard InChI is InChI=1S/C21H16N4O/c22-10-14-6-9-17-21(12-23,13-24)18(15-4-2-1-3-5-15)19(25(17)11-14)20(26)16-7-8-16/h1-6,9,11,16-19H,7-8H2/t17-,18+,19-/m0/s1. The number of hydrogen-bond acceptors (Lipinski definition) is 5. The maximum atomic E-state index is 13.2. The molecule has 5 heteroatoms. The van der Waals surface area contributed by atoms with Crippen molar-refractivity contribution >= 4 is 5.78 Å². The Labute approximate surface area is 152 Å². The van der Waals surface area contributed by atoms with Gasteiger partial charge in [0, 0.05) is 18.0 Å². The summed E-state index contributed by atoms with van der Waals surface area (Å²) in [5, 5.41) is 29.3. The van der Waals surface area contributed by atoms with Crippen LogP contribution >= 0.6 is 0 Å². The molecule has 1 aromatic carbocycles. The van der Waals surface area contributed by atoms with Gasteiger partial charge in [0.15, 0.2) is 11.2 Å². The first-order valence-corrected chi connectivity index (χ1v) is 8.65. The summed E-state index contributed by atoms with van der Waals surface area (Å²) in [6.07, 6.45) is 6.71. The van der Waals surface area contributed by atoms with Crippen LogP contribution < -0.4 is 0 Å². The SMILES string of the molecule is N#CC1=CN2[C@H](C(=O)C3CC3)[C@@H](c3ccccc3)C(C#N)(C#N)[C@@H]2C=C1. The first-order chi connectivity index (χ1) is 12.7. The lowest BCUT2D eigenvalue weighted by atomic mass is 9.69. The van der Waals surface area contributed by atoms with Gasteiger partial charge in [-0.3, -0.25) is 4.79 Å². The quantitative estimate of drug-likeness (QED) is 0.843. The molecule has 4 rings (SSSR count). The van der Waals surface area contributed by atoms with Gasteiger partial charge in [-0.05, 0) is 24.5 Å². The Balaban J connectivity index is 1.93. The van der Waals surface area contributed by atoms with Crippen LogP contribution in [-0.4, -0.2) is 22.8 Å². The Kier molecular flexibility index (Phi) is 3.64. The number of carbonyl (C=O) groups is 1. The van der Waals surface area contributed by atoms with E-state index in [0.29, 0.717) is 5.57 Å². The van der Waals surface area contributed by atoms with E-state index in [-0.39, 0.29) is 11.7 Å². The van der Waals surface area contributed by atoms with E-state index in [4.69, 9.17) is 0 Å². The lowest BCUT2D eigenvalue weighted by molar-refractivity contribution is -0.124. The van der Waals surface area contributed by atoms with Gasteiger partial charge in [-0.25, -0.2) is 0 Å². The fourth-order valence-electron chi connectivity index (χ4n) is 4.21. The second-order valence-electron chi connectivity index (χ2n) is 7.05. The van der Waals surface area contributed by atoms with Crippen LogP contribution in [0.3, 0.4) is 0 Å². The molecule has 0 spiro atoms. The van der Waals surface area contributed by atoms with E-state index in [1.165, 1.54) is 0 Å². The molecule has 0 bridgehead atoms. The van der Waals surface area contributed by atoms with Crippen LogP contribution in [0.15, 0.2) is 54.3 Å². The highest BCUT2D eigenvalue weighted by Gasteiger charge is 2.63. The minimum Gasteiger partial charge on any atom is -0.356 e. The summed E-state index contributed by atoms with van der Waals surface area (Å²) in [6, 6.07) is 14.7. The molecule has 5 nitrogen and oxygen atoms in total. The number of nitriles is 3. The van der Waals surface area contributed by atoms with Gasteiger partial charge < -0.3 is 4.90 Å². The average Bonchev–Trinajstić information content (AvgIpc) is 3.50. The van der Waals surface area contributed by atoms with E-state index < -0.39 is 23.4 Å². The van der Waals surface area contributed by atoms with Crippen molar-refractivity contribution in [1.82, 2.24) is 4.90 Å². The first-order valence-electron chi connectivity index (χ1n) is 8.65. The summed E-state index contributed by atoms with van der Waals surface area (Å²) < 4.78 is 0. The molecule has 0 unspecified atom stereocenters. The van der Waals surface area contributed by atoms with E-state index in [0.717, 1.165) is 18.4 Å². The predicted molar refractivity (Wildman–Crippen MR) is 92.8 cm³/mol. The first kappa shape index (κ1) is 16.1. The van der Waals surface area contributed by atoms with Crippen LogP contribution in [0.5, 0.6) is 0 Å². The van der Waals surface area contributed by atoms with E-state index in [2.05, 4.69) is 18.2 Å². The minimum absolute atomic E-state index is 0.00936. The molecule has 1 saturated heterocycles. The van der Waals surface area contributed by atoms with Gasteiger partial charge in [0.1, 0.15) is 6.07 Å². The number of ketones is 1. The van der Waals surface area contributed by atoms with Crippen LogP contribution in [0.25, 0.3) is 0 Å². The summed E-state index contributed by atoms with van der Waals surface area (Å²) in [6.45, 7) is 0. The van der Waals surface area contributed by atoms with Crippen LogP contribution in [0, 0.1) is 45.3 Å². The molecule has 1 saturated carbocycles. The van der Waals surface area contributed by atoms with Crippen molar-refractivity contribution in [2.75, 3.05) is 0 Å². The Bertz CT molecular complexity index is 923. The average molecular weight is 340 g/mol. The highest BCUT2D eigenvalue weighted by Crippen LogP contribution is 2.54. The number of nitrogens with zero attached hydrogens (tertiary/aromatic N) is 4. The minimum atomic E-state index is -1.38. The highest BCUT2D eigenvalue weighted by molar-refractivity contribution is 5.90. The molecule has 0 aromatic heterocycles. The maximum Gasteiger partial charge on any atom is 0.176 e. The van der Waals surface area contributed by atoms with Crippen LogP contribution in [0.4, 0.5) is 0 Å². The Morgan fingerprint density at radius 2 is 1.81 bits per heavy atom. The number of allylic oxidation sites excluding steroid dienone is 2. The predicted octanol–water partition coefficient (Wildman–Crippen LogP) is 2.81. The summed E-state index contributed by atoms with van der Waals surface area (Å²) in [5.74, 6) is -0.499. The van der Waals surface area contributed by atoms with E-state index in [1.54, 1.807) is 23.3 Å². The van der Waals surface area contributed by atoms with E-state index >= 15 is 0 Å². The number of Topliss-reactive ketones (excluding diaryl/α,β-unsaturated/α-hetero) is 1. The number of carbonyl (C=O) groups excluding carboxylic acids is 1. The summed E-state index contributed by atoms with van der Waals surface area (Å²) >= 11 is 0. The summed E-state index contributed by atoms with van der Waals surface area (Å²) in [5.41, 5.74) is -0.150. The molecular weight excluding hydrogens is 324 g/mol. The Morgan fingerprint density at radius 1 is 1.12 bits per heavy atom. The van der Waals surface area contributed by atoms with Crippen molar-refractivity contribution < 1.29 is 4.79 Å². The second kappa shape index (κ2) is 5.87. The molecule has 2 fully saturated rings. The Morgan fingerprint density at radius 3 is 2.38 bits per heavy atom. The van der Waals surface area contributed by atoms with Crippen molar-refractivity contribution in [3.63, 3.8) is 0 Å². The van der Waals surface area contributed by atoms with Gasteiger partial charge in [0.2, 0.25) is 0 Å². The molecule has 2 heterocycles. The number of rotatable bonds is 3. The van der Waals surface area contributed by atoms with Gasteiger partial charge in [0.05, 0.1) is 29.8 Å². The molecule has 1 aliphatic carbocycles. The van der Waals surface area contributed by atoms with Crippen molar-refractivity contribution in [2.24, 2.45) is 11.3 Å². The van der Waals surface area contributed by atoms with Gasteiger partial charge in [-0.1, -0.05) is 36.4 Å². The fraction of sp³-hybridized carbons (Fsp3) is 0.333. The topological polar surface area (TPSA) is 91.7 Å². The normalized spacial score (nSPS) is 28.3. The molecule has 26 heavy (non-hydrogen) atoms. The van der Waals surface area contributed by atoms with E-state index in [1.807, 2.05) is 30.3 Å². The number of fused-ring (bicyclic) bond motifs is 1. The second-order valence-corrected chi connectivity index (χ2v) is 7.05.